The number of benzene rings is 1. The Labute approximate surface area is 89.2 Å². The van der Waals surface area contributed by atoms with Gasteiger partial charge in [0.05, 0.1) is 7.11 Å². The van der Waals surface area contributed by atoms with Crippen LogP contribution in [0.3, 0.4) is 0 Å². The molecule has 0 aromatic heterocycles. The van der Waals surface area contributed by atoms with Crippen molar-refractivity contribution in [1.29, 1.82) is 0 Å². The first-order valence-corrected chi connectivity index (χ1v) is 5.29. The van der Waals surface area contributed by atoms with E-state index in [2.05, 4.69) is 0 Å². The standard InChI is InChI=1S/C12H16FNO/c1-15-9-4-5-10(11(13)7-9)12(14)6-8-2-3-8/h4-5,7-8,12H,2-3,6,14H2,1H3/t12-/m1/s1. The summed E-state index contributed by atoms with van der Waals surface area (Å²) >= 11 is 0. The maximum absolute atomic E-state index is 13.6. The lowest BCUT2D eigenvalue weighted by Gasteiger charge is -2.13. The monoisotopic (exact) mass is 209 g/mol. The van der Waals surface area contributed by atoms with E-state index in [1.807, 2.05) is 0 Å². The van der Waals surface area contributed by atoms with E-state index < -0.39 is 0 Å². The van der Waals surface area contributed by atoms with E-state index >= 15 is 0 Å². The minimum atomic E-state index is -0.262. The van der Waals surface area contributed by atoms with Crippen LogP contribution in [0.2, 0.25) is 0 Å². The number of hydrogen-bond acceptors (Lipinski definition) is 2. The summed E-state index contributed by atoms with van der Waals surface area (Å²) in [6.45, 7) is 0. The summed E-state index contributed by atoms with van der Waals surface area (Å²) in [5.74, 6) is 0.985. The topological polar surface area (TPSA) is 35.2 Å². The van der Waals surface area contributed by atoms with E-state index in [9.17, 15) is 4.39 Å². The molecule has 0 saturated heterocycles. The lowest BCUT2D eigenvalue weighted by molar-refractivity contribution is 0.409. The van der Waals surface area contributed by atoms with E-state index in [1.54, 1.807) is 12.1 Å². The maximum Gasteiger partial charge on any atom is 0.131 e. The minimum absolute atomic E-state index is 0.177. The van der Waals surface area contributed by atoms with Crippen molar-refractivity contribution < 1.29 is 9.13 Å². The Morgan fingerprint density at radius 2 is 2.27 bits per heavy atom. The minimum Gasteiger partial charge on any atom is -0.497 e. The third-order valence-electron chi connectivity index (χ3n) is 2.89. The fourth-order valence-electron chi connectivity index (χ4n) is 1.78. The van der Waals surface area contributed by atoms with Crippen molar-refractivity contribution in [2.45, 2.75) is 25.3 Å². The fourth-order valence-corrected chi connectivity index (χ4v) is 1.78. The zero-order valence-electron chi connectivity index (χ0n) is 8.87. The zero-order valence-corrected chi connectivity index (χ0v) is 8.87. The highest BCUT2D eigenvalue weighted by molar-refractivity contribution is 5.30. The highest BCUT2D eigenvalue weighted by Gasteiger charge is 2.25. The van der Waals surface area contributed by atoms with Crippen LogP contribution in [-0.4, -0.2) is 7.11 Å². The Morgan fingerprint density at radius 1 is 1.53 bits per heavy atom. The molecule has 15 heavy (non-hydrogen) atoms. The summed E-state index contributed by atoms with van der Waals surface area (Å²) in [5.41, 5.74) is 6.55. The van der Waals surface area contributed by atoms with Crippen LogP contribution >= 0.6 is 0 Å². The summed E-state index contributed by atoms with van der Waals surface area (Å²) in [6.07, 6.45) is 3.38. The Bertz CT molecular complexity index is 349. The second-order valence-electron chi connectivity index (χ2n) is 4.17. The van der Waals surface area contributed by atoms with Gasteiger partial charge in [-0.2, -0.15) is 0 Å². The first kappa shape index (κ1) is 10.4. The molecule has 0 amide bonds. The van der Waals surface area contributed by atoms with Crippen LogP contribution in [-0.2, 0) is 0 Å². The SMILES string of the molecule is COc1ccc([C@H](N)CC2CC2)c(F)c1. The number of nitrogens with two attached hydrogens (primary N) is 1. The van der Waals surface area contributed by atoms with Crippen molar-refractivity contribution in [1.82, 2.24) is 0 Å². The molecule has 1 atom stereocenters. The van der Waals surface area contributed by atoms with Gasteiger partial charge >= 0.3 is 0 Å². The number of rotatable bonds is 4. The molecule has 0 unspecified atom stereocenters. The van der Waals surface area contributed by atoms with E-state index in [-0.39, 0.29) is 11.9 Å². The van der Waals surface area contributed by atoms with Crippen LogP contribution in [0.15, 0.2) is 18.2 Å². The van der Waals surface area contributed by atoms with Gasteiger partial charge in [0, 0.05) is 17.7 Å². The molecule has 0 radical (unpaired) electrons. The lowest BCUT2D eigenvalue weighted by atomic mass is 10.0. The van der Waals surface area contributed by atoms with Crippen molar-refractivity contribution >= 4 is 0 Å². The molecule has 82 valence electrons. The van der Waals surface area contributed by atoms with Crippen LogP contribution in [0.5, 0.6) is 5.75 Å². The van der Waals surface area contributed by atoms with E-state index in [4.69, 9.17) is 10.5 Å². The quantitative estimate of drug-likeness (QED) is 0.827. The molecule has 1 aromatic carbocycles. The Hall–Kier alpha value is -1.09. The number of hydrogen-bond donors (Lipinski definition) is 1. The van der Waals surface area contributed by atoms with Gasteiger partial charge in [0.25, 0.3) is 0 Å². The molecule has 1 fully saturated rings. The highest BCUT2D eigenvalue weighted by Crippen LogP contribution is 2.37. The average Bonchev–Trinajstić information content (AvgIpc) is 3.01. The average molecular weight is 209 g/mol. The molecular weight excluding hydrogens is 193 g/mol. The lowest BCUT2D eigenvalue weighted by Crippen LogP contribution is -2.12. The summed E-state index contributed by atoms with van der Waals surface area (Å²) in [6, 6.07) is 4.69. The molecule has 0 bridgehead atoms. The predicted molar refractivity (Wildman–Crippen MR) is 57.2 cm³/mol. The summed E-state index contributed by atoms with van der Waals surface area (Å²) in [5, 5.41) is 0. The van der Waals surface area contributed by atoms with Gasteiger partial charge in [-0.25, -0.2) is 4.39 Å². The van der Waals surface area contributed by atoms with Gasteiger partial charge in [0.15, 0.2) is 0 Å². The third kappa shape index (κ3) is 2.48. The molecule has 0 aliphatic heterocycles. The van der Waals surface area contributed by atoms with Gasteiger partial charge in [-0.15, -0.1) is 0 Å². The van der Waals surface area contributed by atoms with Gasteiger partial charge in [-0.1, -0.05) is 18.9 Å². The second-order valence-corrected chi connectivity index (χ2v) is 4.17. The molecule has 0 heterocycles. The summed E-state index contributed by atoms with van der Waals surface area (Å²) < 4.78 is 18.5. The van der Waals surface area contributed by atoms with Gasteiger partial charge in [0.2, 0.25) is 0 Å². The Morgan fingerprint density at radius 3 is 2.80 bits per heavy atom. The van der Waals surface area contributed by atoms with Crippen molar-refractivity contribution in [2.24, 2.45) is 11.7 Å². The van der Waals surface area contributed by atoms with Crippen LogP contribution < -0.4 is 10.5 Å². The van der Waals surface area contributed by atoms with Gasteiger partial charge < -0.3 is 10.5 Å². The van der Waals surface area contributed by atoms with Crippen LogP contribution in [0.1, 0.15) is 30.9 Å². The van der Waals surface area contributed by atoms with Gasteiger partial charge in [0.1, 0.15) is 11.6 Å². The van der Waals surface area contributed by atoms with Crippen molar-refractivity contribution in [3.05, 3.63) is 29.6 Å². The largest absolute Gasteiger partial charge is 0.497 e. The predicted octanol–water partition coefficient (Wildman–Crippen LogP) is 2.63. The molecule has 0 spiro atoms. The number of ether oxygens (including phenoxy) is 1. The maximum atomic E-state index is 13.6. The van der Waals surface area contributed by atoms with Crippen molar-refractivity contribution in [3.63, 3.8) is 0 Å². The first-order chi connectivity index (χ1) is 7.20. The third-order valence-corrected chi connectivity index (χ3v) is 2.89. The van der Waals surface area contributed by atoms with E-state index in [0.717, 1.165) is 6.42 Å². The van der Waals surface area contributed by atoms with Crippen LogP contribution in [0.4, 0.5) is 4.39 Å². The molecule has 2 N–H and O–H groups in total. The molecule has 1 aromatic rings. The molecule has 2 rings (SSSR count). The molecule has 1 aliphatic rings. The van der Waals surface area contributed by atoms with E-state index in [0.29, 0.717) is 17.2 Å². The Balaban J connectivity index is 2.11. The molecule has 3 heteroatoms. The fraction of sp³-hybridized carbons (Fsp3) is 0.500. The molecule has 2 nitrogen and oxygen atoms in total. The summed E-state index contributed by atoms with van der Waals surface area (Å²) in [4.78, 5) is 0. The Kier molecular flexibility index (Phi) is 2.91. The smallest absolute Gasteiger partial charge is 0.131 e. The van der Waals surface area contributed by atoms with Crippen LogP contribution in [0, 0.1) is 11.7 Å². The number of halogens is 1. The molecular formula is C12H16FNO. The van der Waals surface area contributed by atoms with Crippen molar-refractivity contribution in [3.8, 4) is 5.75 Å². The first-order valence-electron chi connectivity index (χ1n) is 5.29. The highest BCUT2D eigenvalue weighted by atomic mass is 19.1. The van der Waals surface area contributed by atoms with Gasteiger partial charge in [-0.05, 0) is 18.4 Å². The van der Waals surface area contributed by atoms with Crippen molar-refractivity contribution in [2.75, 3.05) is 7.11 Å². The zero-order chi connectivity index (χ0) is 10.8. The van der Waals surface area contributed by atoms with Crippen LogP contribution in [0.25, 0.3) is 0 Å². The van der Waals surface area contributed by atoms with E-state index in [1.165, 1.54) is 26.0 Å². The molecule has 1 aliphatic carbocycles. The normalized spacial score (nSPS) is 17.5. The number of methoxy groups -OCH3 is 1. The second kappa shape index (κ2) is 4.19. The summed E-state index contributed by atoms with van der Waals surface area (Å²) in [7, 11) is 1.53. The molecule has 1 saturated carbocycles. The van der Waals surface area contributed by atoms with Gasteiger partial charge in [-0.3, -0.25) is 0 Å².